The lowest BCUT2D eigenvalue weighted by molar-refractivity contribution is 0.100. The summed E-state index contributed by atoms with van der Waals surface area (Å²) in [5, 5.41) is 3.09. The smallest absolute Gasteiger partial charge is 0.250 e. The van der Waals surface area contributed by atoms with Gasteiger partial charge in [0.2, 0.25) is 0 Å². The molecule has 1 aromatic rings. The minimum absolute atomic E-state index is 0.433. The first-order valence-electron chi connectivity index (χ1n) is 4.48. The molecule has 0 spiro atoms. The van der Waals surface area contributed by atoms with Crippen LogP contribution in [0.3, 0.4) is 0 Å². The molecule has 3 nitrogen and oxygen atoms in total. The van der Waals surface area contributed by atoms with E-state index in [2.05, 4.69) is 27.8 Å². The lowest BCUT2D eigenvalue weighted by atomic mass is 10.1. The van der Waals surface area contributed by atoms with Crippen LogP contribution in [0.4, 0.5) is 5.69 Å². The van der Waals surface area contributed by atoms with E-state index in [1.807, 2.05) is 19.1 Å². The fourth-order valence-corrected chi connectivity index (χ4v) is 1.35. The van der Waals surface area contributed by atoms with Crippen molar-refractivity contribution in [2.75, 3.05) is 11.9 Å². The summed E-state index contributed by atoms with van der Waals surface area (Å²) in [5.74, 6) is -0.433. The van der Waals surface area contributed by atoms with E-state index in [9.17, 15) is 4.79 Å². The Morgan fingerprint density at radius 2 is 2.27 bits per heavy atom. The Morgan fingerprint density at radius 1 is 1.60 bits per heavy atom. The van der Waals surface area contributed by atoms with E-state index in [4.69, 9.17) is 5.73 Å². The molecule has 0 aliphatic rings. The Hall–Kier alpha value is -1.29. The van der Waals surface area contributed by atoms with Gasteiger partial charge in [-0.05, 0) is 24.6 Å². The Bertz CT molecular complexity index is 402. The molecule has 0 aliphatic heterocycles. The van der Waals surface area contributed by atoms with Crippen molar-refractivity contribution in [1.82, 2.24) is 0 Å². The molecule has 1 aromatic carbocycles. The zero-order valence-electron chi connectivity index (χ0n) is 8.51. The predicted molar refractivity (Wildman–Crippen MR) is 66.3 cm³/mol. The van der Waals surface area contributed by atoms with Crippen LogP contribution in [-0.2, 0) is 0 Å². The molecule has 0 unspecified atom stereocenters. The third kappa shape index (κ3) is 3.40. The summed E-state index contributed by atoms with van der Waals surface area (Å²) < 4.78 is 0.819. The highest BCUT2D eigenvalue weighted by molar-refractivity contribution is 9.11. The quantitative estimate of drug-likeness (QED) is 0.881. The topological polar surface area (TPSA) is 55.1 Å². The standard InChI is InChI=1S/C11H13BrN2O/c1-7-3-4-9(11(13)15)10(5-7)14-6-8(2)12/h3-5,14H,2,6H2,1H3,(H2,13,15). The molecular formula is C11H13BrN2O. The minimum Gasteiger partial charge on any atom is -0.380 e. The van der Waals surface area contributed by atoms with Crippen LogP contribution in [0.2, 0.25) is 0 Å². The summed E-state index contributed by atoms with van der Waals surface area (Å²) in [7, 11) is 0. The molecule has 80 valence electrons. The van der Waals surface area contributed by atoms with Gasteiger partial charge in [0, 0.05) is 16.7 Å². The van der Waals surface area contributed by atoms with Crippen LogP contribution in [0.15, 0.2) is 29.3 Å². The molecule has 0 fully saturated rings. The van der Waals surface area contributed by atoms with Gasteiger partial charge < -0.3 is 11.1 Å². The number of hydrogen-bond donors (Lipinski definition) is 2. The monoisotopic (exact) mass is 268 g/mol. The highest BCUT2D eigenvalue weighted by Gasteiger charge is 2.07. The summed E-state index contributed by atoms with van der Waals surface area (Å²) in [4.78, 5) is 11.1. The van der Waals surface area contributed by atoms with Crippen LogP contribution in [0.1, 0.15) is 15.9 Å². The molecule has 0 heterocycles. The molecule has 3 N–H and O–H groups in total. The third-order valence-electron chi connectivity index (χ3n) is 1.91. The number of halogens is 1. The Morgan fingerprint density at radius 3 is 2.80 bits per heavy atom. The van der Waals surface area contributed by atoms with Gasteiger partial charge in [-0.1, -0.05) is 28.6 Å². The van der Waals surface area contributed by atoms with E-state index >= 15 is 0 Å². The number of aryl methyl sites for hydroxylation is 1. The van der Waals surface area contributed by atoms with Crippen molar-refractivity contribution in [1.29, 1.82) is 0 Å². The molecule has 1 amide bonds. The number of primary amides is 1. The zero-order valence-corrected chi connectivity index (χ0v) is 10.1. The van der Waals surface area contributed by atoms with Crippen molar-refractivity contribution in [2.45, 2.75) is 6.92 Å². The maximum absolute atomic E-state index is 11.1. The van der Waals surface area contributed by atoms with E-state index in [-0.39, 0.29) is 0 Å². The second-order valence-electron chi connectivity index (χ2n) is 3.28. The van der Waals surface area contributed by atoms with Crippen LogP contribution >= 0.6 is 15.9 Å². The van der Waals surface area contributed by atoms with Gasteiger partial charge >= 0.3 is 0 Å². The highest BCUT2D eigenvalue weighted by Crippen LogP contribution is 2.17. The predicted octanol–water partition coefficient (Wildman–Crippen LogP) is 2.41. The first-order chi connectivity index (χ1) is 7.00. The SMILES string of the molecule is C=C(Br)CNc1cc(C)ccc1C(N)=O. The van der Waals surface area contributed by atoms with Crippen molar-refractivity contribution in [3.8, 4) is 0 Å². The molecule has 15 heavy (non-hydrogen) atoms. The molecule has 0 aromatic heterocycles. The van der Waals surface area contributed by atoms with Gasteiger partial charge in [0.1, 0.15) is 0 Å². The second-order valence-corrected chi connectivity index (χ2v) is 4.41. The average Bonchev–Trinajstić information content (AvgIpc) is 2.14. The second kappa shape index (κ2) is 4.98. The summed E-state index contributed by atoms with van der Waals surface area (Å²) in [6, 6.07) is 5.46. The maximum atomic E-state index is 11.1. The molecule has 0 radical (unpaired) electrons. The normalized spacial score (nSPS) is 9.73. The largest absolute Gasteiger partial charge is 0.380 e. The zero-order chi connectivity index (χ0) is 11.4. The van der Waals surface area contributed by atoms with Crippen molar-refractivity contribution in [2.24, 2.45) is 5.73 Å². The number of carbonyl (C=O) groups excluding carboxylic acids is 1. The van der Waals surface area contributed by atoms with E-state index in [0.29, 0.717) is 12.1 Å². The van der Waals surface area contributed by atoms with Gasteiger partial charge in [-0.15, -0.1) is 0 Å². The summed E-state index contributed by atoms with van der Waals surface area (Å²) >= 11 is 3.24. The lowest BCUT2D eigenvalue weighted by Gasteiger charge is -2.10. The van der Waals surface area contributed by atoms with Gasteiger partial charge in [-0.2, -0.15) is 0 Å². The number of hydrogen-bond acceptors (Lipinski definition) is 2. The van der Waals surface area contributed by atoms with Crippen molar-refractivity contribution >= 4 is 27.5 Å². The minimum atomic E-state index is -0.433. The van der Waals surface area contributed by atoms with Crippen molar-refractivity contribution in [3.63, 3.8) is 0 Å². The van der Waals surface area contributed by atoms with E-state index in [0.717, 1.165) is 15.7 Å². The number of anilines is 1. The van der Waals surface area contributed by atoms with E-state index in [1.54, 1.807) is 6.07 Å². The Labute approximate surface area is 97.5 Å². The van der Waals surface area contributed by atoms with Gasteiger partial charge in [0.25, 0.3) is 5.91 Å². The first kappa shape index (κ1) is 11.8. The number of rotatable bonds is 4. The maximum Gasteiger partial charge on any atom is 0.250 e. The number of nitrogens with two attached hydrogens (primary N) is 1. The lowest BCUT2D eigenvalue weighted by Crippen LogP contribution is -2.15. The van der Waals surface area contributed by atoms with Gasteiger partial charge in [-0.25, -0.2) is 0 Å². The molecule has 4 heteroatoms. The van der Waals surface area contributed by atoms with Gasteiger partial charge in [0.05, 0.1) is 5.56 Å². The third-order valence-corrected chi connectivity index (χ3v) is 2.19. The van der Waals surface area contributed by atoms with Gasteiger partial charge in [-0.3, -0.25) is 4.79 Å². The molecular weight excluding hydrogens is 256 g/mol. The fraction of sp³-hybridized carbons (Fsp3) is 0.182. The molecule has 0 aliphatic carbocycles. The molecule has 1 rings (SSSR count). The van der Waals surface area contributed by atoms with Crippen molar-refractivity contribution in [3.05, 3.63) is 40.4 Å². The van der Waals surface area contributed by atoms with E-state index in [1.165, 1.54) is 0 Å². The highest BCUT2D eigenvalue weighted by atomic mass is 79.9. The number of carbonyl (C=O) groups is 1. The molecule has 0 atom stereocenters. The van der Waals surface area contributed by atoms with Crippen LogP contribution in [-0.4, -0.2) is 12.5 Å². The summed E-state index contributed by atoms with van der Waals surface area (Å²) in [6.45, 7) is 6.22. The van der Waals surface area contributed by atoms with Crippen LogP contribution in [0.25, 0.3) is 0 Å². The Kier molecular flexibility index (Phi) is 3.91. The fourth-order valence-electron chi connectivity index (χ4n) is 1.21. The summed E-state index contributed by atoms with van der Waals surface area (Å²) in [6.07, 6.45) is 0. The molecule has 0 bridgehead atoms. The first-order valence-corrected chi connectivity index (χ1v) is 5.27. The molecule has 0 saturated carbocycles. The number of benzene rings is 1. The Balaban J connectivity index is 2.96. The number of amides is 1. The number of nitrogens with one attached hydrogen (secondary N) is 1. The van der Waals surface area contributed by atoms with Gasteiger partial charge in [0.15, 0.2) is 0 Å². The van der Waals surface area contributed by atoms with Crippen LogP contribution in [0.5, 0.6) is 0 Å². The van der Waals surface area contributed by atoms with Crippen LogP contribution < -0.4 is 11.1 Å². The van der Waals surface area contributed by atoms with E-state index < -0.39 is 5.91 Å². The van der Waals surface area contributed by atoms with Crippen LogP contribution in [0, 0.1) is 6.92 Å². The molecule has 0 saturated heterocycles. The van der Waals surface area contributed by atoms with Crippen molar-refractivity contribution < 1.29 is 4.79 Å². The summed E-state index contributed by atoms with van der Waals surface area (Å²) in [5.41, 5.74) is 7.56. The average molecular weight is 269 g/mol.